The molecule has 5 rings (SSSR count). The maximum atomic E-state index is 13.8. The smallest absolute Gasteiger partial charge is 0.260 e. The highest BCUT2D eigenvalue weighted by Gasteiger charge is 2.50. The second-order valence-electron chi connectivity index (χ2n) is 9.04. The van der Waals surface area contributed by atoms with Crippen LogP contribution in [0.5, 0.6) is 23.0 Å². The summed E-state index contributed by atoms with van der Waals surface area (Å²) in [6.07, 6.45) is 1.76. The van der Waals surface area contributed by atoms with Gasteiger partial charge in [-0.2, -0.15) is 0 Å². The number of ether oxygens (including phenoxy) is 5. The van der Waals surface area contributed by atoms with Crippen LogP contribution in [0.1, 0.15) is 53.8 Å². The number of nitrogens with zero attached hydrogens (tertiary/aromatic N) is 1. The number of hydrogen-bond acceptors (Lipinski definition) is 6. The highest BCUT2D eigenvalue weighted by molar-refractivity contribution is 5.55. The Morgan fingerprint density at radius 3 is 2.40 bits per heavy atom. The third kappa shape index (κ3) is 3.74. The molecule has 1 aromatic heterocycles. The number of fused-ring (bicyclic) bond motifs is 6. The van der Waals surface area contributed by atoms with Crippen LogP contribution in [0.15, 0.2) is 47.3 Å². The molecule has 2 aliphatic heterocycles. The molecule has 0 aliphatic carbocycles. The van der Waals surface area contributed by atoms with Gasteiger partial charge in [-0.1, -0.05) is 13.3 Å². The van der Waals surface area contributed by atoms with Crippen LogP contribution in [0.4, 0.5) is 0 Å². The second-order valence-corrected chi connectivity index (χ2v) is 9.04. The van der Waals surface area contributed by atoms with Gasteiger partial charge >= 0.3 is 0 Å². The van der Waals surface area contributed by atoms with E-state index < -0.39 is 11.9 Å². The van der Waals surface area contributed by atoms with Crippen molar-refractivity contribution in [2.24, 2.45) is 0 Å². The Morgan fingerprint density at radius 1 is 1.03 bits per heavy atom. The topological polar surface area (TPSA) is 68.2 Å². The van der Waals surface area contributed by atoms with Crippen molar-refractivity contribution < 1.29 is 23.7 Å². The Kier molecular flexibility index (Phi) is 5.97. The quantitative estimate of drug-likeness (QED) is 0.483. The van der Waals surface area contributed by atoms with Gasteiger partial charge in [-0.15, -0.1) is 0 Å². The molecule has 2 bridgehead atoms. The lowest BCUT2D eigenvalue weighted by atomic mass is 9.84. The Balaban J connectivity index is 1.74. The first kappa shape index (κ1) is 23.3. The predicted molar refractivity (Wildman–Crippen MR) is 132 cm³/mol. The van der Waals surface area contributed by atoms with E-state index in [1.54, 1.807) is 21.3 Å². The Labute approximate surface area is 205 Å². The number of pyridine rings is 1. The van der Waals surface area contributed by atoms with E-state index in [0.717, 1.165) is 41.0 Å². The minimum absolute atomic E-state index is 0.0792. The molecule has 0 radical (unpaired) electrons. The summed E-state index contributed by atoms with van der Waals surface area (Å²) in [7, 11) is 4.86. The average molecular weight is 478 g/mol. The second kappa shape index (κ2) is 8.96. The van der Waals surface area contributed by atoms with Crippen LogP contribution < -0.4 is 24.5 Å². The number of benzene rings is 2. The number of aromatic nitrogens is 1. The van der Waals surface area contributed by atoms with Crippen molar-refractivity contribution in [3.05, 3.63) is 80.8 Å². The molecule has 0 saturated heterocycles. The molecular weight excluding hydrogens is 446 g/mol. The number of unbranched alkanes of at least 4 members (excludes halogenated alkanes) is 1. The molecule has 184 valence electrons. The van der Waals surface area contributed by atoms with Gasteiger partial charge in [-0.05, 0) is 60.9 Å². The number of methoxy groups -OCH3 is 3. The molecule has 3 heterocycles. The maximum absolute atomic E-state index is 13.8. The van der Waals surface area contributed by atoms with Gasteiger partial charge in [0.2, 0.25) is 5.79 Å². The van der Waals surface area contributed by atoms with Crippen molar-refractivity contribution in [1.29, 1.82) is 0 Å². The van der Waals surface area contributed by atoms with Crippen molar-refractivity contribution in [2.75, 3.05) is 21.3 Å². The zero-order chi connectivity index (χ0) is 24.7. The molecule has 2 aliphatic rings. The Hall–Kier alpha value is -3.45. The molecule has 7 heteroatoms. The van der Waals surface area contributed by atoms with Crippen LogP contribution in [0, 0.1) is 6.92 Å². The molecule has 0 amide bonds. The Bertz CT molecular complexity index is 1310. The largest absolute Gasteiger partial charge is 0.497 e. The van der Waals surface area contributed by atoms with Gasteiger partial charge in [0.25, 0.3) is 5.56 Å². The molecule has 0 spiro atoms. The molecule has 3 aromatic rings. The monoisotopic (exact) mass is 477 g/mol. The van der Waals surface area contributed by atoms with Gasteiger partial charge in [0, 0.05) is 30.3 Å². The van der Waals surface area contributed by atoms with Crippen LogP contribution in [0.25, 0.3) is 0 Å². The van der Waals surface area contributed by atoms with Crippen LogP contribution in [-0.4, -0.2) is 25.9 Å². The zero-order valence-electron chi connectivity index (χ0n) is 20.8. The minimum Gasteiger partial charge on any atom is -0.497 e. The van der Waals surface area contributed by atoms with Gasteiger partial charge in [-0.25, -0.2) is 0 Å². The SMILES string of the molecule is CCCCn1c(C)cc2c(c1=O)[C@H]1O[C@](c3ccc(OC)cc3)(Cc3cc(OC)c(OC)cc31)O2. The van der Waals surface area contributed by atoms with E-state index in [4.69, 9.17) is 23.7 Å². The molecule has 2 aromatic carbocycles. The van der Waals surface area contributed by atoms with E-state index in [9.17, 15) is 4.79 Å². The molecule has 35 heavy (non-hydrogen) atoms. The number of aryl methyl sites for hydroxylation is 1. The molecule has 0 unspecified atom stereocenters. The van der Waals surface area contributed by atoms with Gasteiger partial charge in [0.05, 0.1) is 26.9 Å². The molecule has 2 atom stereocenters. The summed E-state index contributed by atoms with van der Waals surface area (Å²) < 4.78 is 31.6. The van der Waals surface area contributed by atoms with Gasteiger partial charge in [0.1, 0.15) is 17.6 Å². The summed E-state index contributed by atoms with van der Waals surface area (Å²) in [5.41, 5.74) is 4.04. The predicted octanol–water partition coefficient (Wildman–Crippen LogP) is 4.89. The van der Waals surface area contributed by atoms with Crippen molar-refractivity contribution in [3.63, 3.8) is 0 Å². The third-order valence-electron chi connectivity index (χ3n) is 6.97. The molecule has 0 fully saturated rings. The lowest BCUT2D eigenvalue weighted by molar-refractivity contribution is -0.237. The van der Waals surface area contributed by atoms with Gasteiger partial charge < -0.3 is 28.3 Å². The van der Waals surface area contributed by atoms with Crippen LogP contribution in [-0.2, 0) is 23.5 Å². The average Bonchev–Trinajstić information content (AvgIpc) is 2.87. The standard InChI is InChI=1S/C28H31NO6/c1-6-7-12-29-17(2)13-24-25(27(29)30)26-21-15-23(33-5)22(32-4)14-18(21)16-28(34-24,35-26)19-8-10-20(31-3)11-9-19/h8-11,13-15,26H,6-7,12,16H2,1-5H3/t26-,28-/m0/s1. The normalized spacial score (nSPS) is 19.9. The van der Waals surface area contributed by atoms with E-state index >= 15 is 0 Å². The van der Waals surface area contributed by atoms with Crippen molar-refractivity contribution in [2.45, 2.75) is 51.5 Å². The first-order valence-corrected chi connectivity index (χ1v) is 11.9. The summed E-state index contributed by atoms with van der Waals surface area (Å²) in [4.78, 5) is 13.8. The first-order chi connectivity index (χ1) is 16.9. The third-order valence-corrected chi connectivity index (χ3v) is 6.97. The fourth-order valence-corrected chi connectivity index (χ4v) is 5.08. The summed E-state index contributed by atoms with van der Waals surface area (Å²) in [5, 5.41) is 0. The summed E-state index contributed by atoms with van der Waals surface area (Å²) in [6.45, 7) is 4.72. The highest BCUT2D eigenvalue weighted by atomic mass is 16.7. The molecule has 0 saturated carbocycles. The molecule has 0 N–H and O–H groups in total. The van der Waals surface area contributed by atoms with Gasteiger partial charge in [0.15, 0.2) is 11.5 Å². The molecular formula is C28H31NO6. The van der Waals surface area contributed by atoms with Crippen molar-refractivity contribution in [3.8, 4) is 23.0 Å². The summed E-state index contributed by atoms with van der Waals surface area (Å²) in [6, 6.07) is 13.5. The van der Waals surface area contributed by atoms with Gasteiger partial charge in [-0.3, -0.25) is 4.79 Å². The lowest BCUT2D eigenvalue weighted by Crippen LogP contribution is -2.48. The van der Waals surface area contributed by atoms with Crippen LogP contribution in [0.2, 0.25) is 0 Å². The molecule has 7 nitrogen and oxygen atoms in total. The van der Waals surface area contributed by atoms with Crippen LogP contribution in [0.3, 0.4) is 0 Å². The minimum atomic E-state index is -1.09. The van der Waals surface area contributed by atoms with E-state index in [0.29, 0.717) is 35.8 Å². The lowest BCUT2D eigenvalue weighted by Gasteiger charge is -2.46. The summed E-state index contributed by atoms with van der Waals surface area (Å²) >= 11 is 0. The zero-order valence-corrected chi connectivity index (χ0v) is 20.8. The van der Waals surface area contributed by atoms with Crippen molar-refractivity contribution >= 4 is 0 Å². The number of rotatable bonds is 7. The van der Waals surface area contributed by atoms with E-state index in [-0.39, 0.29) is 5.56 Å². The highest BCUT2D eigenvalue weighted by Crippen LogP contribution is 2.53. The summed E-state index contributed by atoms with van der Waals surface area (Å²) in [5.74, 6) is 1.44. The van der Waals surface area contributed by atoms with E-state index in [1.165, 1.54) is 0 Å². The van der Waals surface area contributed by atoms with E-state index in [1.807, 2.05) is 54.0 Å². The van der Waals surface area contributed by atoms with Crippen molar-refractivity contribution in [1.82, 2.24) is 4.57 Å². The maximum Gasteiger partial charge on any atom is 0.260 e. The Morgan fingerprint density at radius 2 is 1.74 bits per heavy atom. The van der Waals surface area contributed by atoms with Crippen LogP contribution >= 0.6 is 0 Å². The first-order valence-electron chi connectivity index (χ1n) is 11.9. The fourth-order valence-electron chi connectivity index (χ4n) is 5.08. The van der Waals surface area contributed by atoms with E-state index in [2.05, 4.69) is 6.92 Å². The number of hydrogen-bond donors (Lipinski definition) is 0. The fraction of sp³-hybridized carbons (Fsp3) is 0.393.